The summed E-state index contributed by atoms with van der Waals surface area (Å²) in [7, 11) is 0. The monoisotopic (exact) mass is 303 g/mol. The molecule has 2 N–H and O–H groups in total. The Kier molecular flexibility index (Phi) is 3.66. The lowest BCUT2D eigenvalue weighted by molar-refractivity contribution is -0.117. The van der Waals surface area contributed by atoms with Gasteiger partial charge >= 0.3 is 0 Å². The molecule has 6 heteroatoms. The van der Waals surface area contributed by atoms with Crippen LogP contribution in [-0.4, -0.2) is 23.3 Å². The molecule has 108 valence electrons. The Morgan fingerprint density at radius 2 is 2.19 bits per heavy atom. The Balaban J connectivity index is 1.77. The first kappa shape index (κ1) is 13.7. The first-order chi connectivity index (χ1) is 10.1. The Hall–Kier alpha value is -2.27. The van der Waals surface area contributed by atoms with Crippen LogP contribution in [0.15, 0.2) is 36.5 Å². The fourth-order valence-corrected chi connectivity index (χ4v) is 2.53. The van der Waals surface area contributed by atoms with Crippen molar-refractivity contribution in [3.8, 4) is 0 Å². The molecule has 0 bridgehead atoms. The van der Waals surface area contributed by atoms with Gasteiger partial charge < -0.3 is 15.2 Å². The number of aromatic nitrogens is 1. The molecule has 1 aromatic heterocycles. The number of benzene rings is 1. The summed E-state index contributed by atoms with van der Waals surface area (Å²) in [5.74, 6) is -0.151. The highest BCUT2D eigenvalue weighted by atomic mass is 35.5. The second-order valence-electron chi connectivity index (χ2n) is 4.88. The van der Waals surface area contributed by atoms with Gasteiger partial charge in [-0.25, -0.2) is 0 Å². The lowest BCUT2D eigenvalue weighted by Gasteiger charge is -2.16. The number of amides is 2. The highest BCUT2D eigenvalue weighted by molar-refractivity contribution is 6.31. The maximum absolute atomic E-state index is 12.0. The third-order valence-electron chi connectivity index (χ3n) is 3.38. The number of halogens is 1. The van der Waals surface area contributed by atoms with Crippen LogP contribution in [0.5, 0.6) is 0 Å². The quantitative estimate of drug-likeness (QED) is 0.915. The summed E-state index contributed by atoms with van der Waals surface area (Å²) in [4.78, 5) is 28.3. The molecule has 3 rings (SSSR count). The SMILES string of the molecule is O=C(Nc1cccc(N2CCCC2=O)c1)c1cc(Cl)c[nH]1. The first-order valence-electron chi connectivity index (χ1n) is 6.69. The summed E-state index contributed by atoms with van der Waals surface area (Å²) in [5.41, 5.74) is 1.84. The molecule has 21 heavy (non-hydrogen) atoms. The molecule has 2 aromatic rings. The number of rotatable bonds is 3. The predicted octanol–water partition coefficient (Wildman–Crippen LogP) is 3.05. The third kappa shape index (κ3) is 2.92. The van der Waals surface area contributed by atoms with E-state index < -0.39 is 0 Å². The molecule has 0 atom stereocenters. The standard InChI is InChI=1S/C15H14ClN3O2/c16-10-7-13(17-9-10)15(21)18-11-3-1-4-12(8-11)19-6-2-5-14(19)20/h1,3-4,7-9,17H,2,5-6H2,(H,18,21). The first-order valence-corrected chi connectivity index (χ1v) is 7.07. The van der Waals surface area contributed by atoms with E-state index in [0.717, 1.165) is 18.7 Å². The third-order valence-corrected chi connectivity index (χ3v) is 3.60. The van der Waals surface area contributed by atoms with E-state index in [1.165, 1.54) is 0 Å². The number of aromatic amines is 1. The average Bonchev–Trinajstić information content (AvgIpc) is 3.08. The zero-order valence-electron chi connectivity index (χ0n) is 11.2. The van der Waals surface area contributed by atoms with Gasteiger partial charge in [0.2, 0.25) is 5.91 Å². The van der Waals surface area contributed by atoms with E-state index in [9.17, 15) is 9.59 Å². The number of anilines is 2. The van der Waals surface area contributed by atoms with Crippen LogP contribution in [0.4, 0.5) is 11.4 Å². The molecule has 0 spiro atoms. The van der Waals surface area contributed by atoms with Gasteiger partial charge in [-0.3, -0.25) is 9.59 Å². The lowest BCUT2D eigenvalue weighted by atomic mass is 10.2. The van der Waals surface area contributed by atoms with Crippen molar-refractivity contribution in [1.29, 1.82) is 0 Å². The van der Waals surface area contributed by atoms with E-state index in [-0.39, 0.29) is 11.8 Å². The fraction of sp³-hybridized carbons (Fsp3) is 0.200. The lowest BCUT2D eigenvalue weighted by Crippen LogP contribution is -2.23. The maximum Gasteiger partial charge on any atom is 0.272 e. The molecular formula is C15H14ClN3O2. The molecular weight excluding hydrogens is 290 g/mol. The smallest absolute Gasteiger partial charge is 0.272 e. The van der Waals surface area contributed by atoms with E-state index in [2.05, 4.69) is 10.3 Å². The molecule has 5 nitrogen and oxygen atoms in total. The maximum atomic E-state index is 12.0. The summed E-state index contributed by atoms with van der Waals surface area (Å²) in [6.07, 6.45) is 3.00. The van der Waals surface area contributed by atoms with Crippen molar-refractivity contribution >= 4 is 34.8 Å². The van der Waals surface area contributed by atoms with E-state index in [0.29, 0.717) is 22.8 Å². The van der Waals surface area contributed by atoms with Gasteiger partial charge in [0.25, 0.3) is 5.91 Å². The molecule has 0 saturated carbocycles. The zero-order chi connectivity index (χ0) is 14.8. The Morgan fingerprint density at radius 1 is 1.33 bits per heavy atom. The summed E-state index contributed by atoms with van der Waals surface area (Å²) in [6.45, 7) is 0.725. The van der Waals surface area contributed by atoms with Gasteiger partial charge in [-0.15, -0.1) is 0 Å². The van der Waals surface area contributed by atoms with Crippen LogP contribution in [0.1, 0.15) is 23.3 Å². The molecule has 0 unspecified atom stereocenters. The number of hydrogen-bond acceptors (Lipinski definition) is 2. The van der Waals surface area contributed by atoms with Gasteiger partial charge in [0.1, 0.15) is 5.69 Å². The van der Waals surface area contributed by atoms with Crippen molar-refractivity contribution in [2.24, 2.45) is 0 Å². The van der Waals surface area contributed by atoms with E-state index in [1.807, 2.05) is 12.1 Å². The van der Waals surface area contributed by atoms with Crippen molar-refractivity contribution in [2.75, 3.05) is 16.8 Å². The van der Waals surface area contributed by atoms with E-state index in [1.54, 1.807) is 29.3 Å². The number of carbonyl (C=O) groups excluding carboxylic acids is 2. The zero-order valence-corrected chi connectivity index (χ0v) is 12.0. The van der Waals surface area contributed by atoms with Crippen LogP contribution in [0.3, 0.4) is 0 Å². The summed E-state index contributed by atoms with van der Waals surface area (Å²) in [6, 6.07) is 8.82. The van der Waals surface area contributed by atoms with E-state index in [4.69, 9.17) is 11.6 Å². The van der Waals surface area contributed by atoms with Gasteiger partial charge in [-0.1, -0.05) is 17.7 Å². The molecule has 0 aliphatic carbocycles. The second-order valence-corrected chi connectivity index (χ2v) is 5.32. The molecule has 1 aromatic carbocycles. The topological polar surface area (TPSA) is 65.2 Å². The largest absolute Gasteiger partial charge is 0.356 e. The summed E-state index contributed by atoms with van der Waals surface area (Å²) >= 11 is 5.78. The Bertz CT molecular complexity index is 696. The molecule has 0 radical (unpaired) electrons. The van der Waals surface area contributed by atoms with Crippen LogP contribution < -0.4 is 10.2 Å². The Morgan fingerprint density at radius 3 is 2.86 bits per heavy atom. The van der Waals surface area contributed by atoms with Gasteiger partial charge in [0.05, 0.1) is 5.02 Å². The van der Waals surface area contributed by atoms with Crippen molar-refractivity contribution < 1.29 is 9.59 Å². The van der Waals surface area contributed by atoms with Crippen LogP contribution in [0, 0.1) is 0 Å². The second kappa shape index (κ2) is 5.61. The van der Waals surface area contributed by atoms with Crippen molar-refractivity contribution in [2.45, 2.75) is 12.8 Å². The molecule has 2 amide bonds. The minimum absolute atomic E-state index is 0.120. The predicted molar refractivity (Wildman–Crippen MR) is 81.8 cm³/mol. The van der Waals surface area contributed by atoms with E-state index >= 15 is 0 Å². The van der Waals surface area contributed by atoms with Crippen LogP contribution in [0.2, 0.25) is 5.02 Å². The summed E-state index contributed by atoms with van der Waals surface area (Å²) < 4.78 is 0. The van der Waals surface area contributed by atoms with Crippen molar-refractivity contribution in [3.05, 3.63) is 47.2 Å². The number of H-pyrrole nitrogens is 1. The van der Waals surface area contributed by atoms with Gasteiger partial charge in [-0.2, -0.15) is 0 Å². The summed E-state index contributed by atoms with van der Waals surface area (Å²) in [5, 5.41) is 3.27. The highest BCUT2D eigenvalue weighted by Gasteiger charge is 2.21. The minimum atomic E-state index is -0.271. The van der Waals surface area contributed by atoms with Crippen LogP contribution >= 0.6 is 11.6 Å². The molecule has 1 saturated heterocycles. The normalized spacial score (nSPS) is 14.5. The number of carbonyl (C=O) groups is 2. The average molecular weight is 304 g/mol. The Labute approximate surface area is 126 Å². The van der Waals surface area contributed by atoms with Gasteiger partial charge in [0, 0.05) is 30.5 Å². The van der Waals surface area contributed by atoms with Gasteiger partial charge in [-0.05, 0) is 30.7 Å². The molecule has 1 fully saturated rings. The molecule has 1 aliphatic rings. The fourth-order valence-electron chi connectivity index (χ4n) is 2.37. The van der Waals surface area contributed by atoms with Crippen LogP contribution in [-0.2, 0) is 4.79 Å². The number of nitrogens with one attached hydrogen (secondary N) is 2. The molecule has 1 aliphatic heterocycles. The minimum Gasteiger partial charge on any atom is -0.356 e. The highest BCUT2D eigenvalue weighted by Crippen LogP contribution is 2.24. The molecule has 2 heterocycles. The van der Waals surface area contributed by atoms with Crippen LogP contribution in [0.25, 0.3) is 0 Å². The number of nitrogens with zero attached hydrogens (tertiary/aromatic N) is 1. The van der Waals surface area contributed by atoms with Crippen molar-refractivity contribution in [1.82, 2.24) is 4.98 Å². The van der Waals surface area contributed by atoms with Gasteiger partial charge in [0.15, 0.2) is 0 Å². The van der Waals surface area contributed by atoms with Crippen molar-refractivity contribution in [3.63, 3.8) is 0 Å². The number of hydrogen-bond donors (Lipinski definition) is 2.